The van der Waals surface area contributed by atoms with E-state index in [1.165, 1.54) is 0 Å². The molecule has 1 rings (SSSR count). The Hall–Kier alpha value is 0.340. The van der Waals surface area contributed by atoms with Crippen molar-refractivity contribution in [3.63, 3.8) is 0 Å². The Bertz CT molecular complexity index is 486. The monoisotopic (exact) mass is 420 g/mol. The summed E-state index contributed by atoms with van der Waals surface area (Å²) in [5.41, 5.74) is 0.984. The van der Waals surface area contributed by atoms with Crippen LogP contribution in [0.5, 0.6) is 0 Å². The summed E-state index contributed by atoms with van der Waals surface area (Å²) in [7, 11) is -1.72. The third-order valence-corrected chi connectivity index (χ3v) is 5.42. The minimum absolute atomic E-state index is 0. The molecule has 18 heavy (non-hydrogen) atoms. The van der Waals surface area contributed by atoms with Gasteiger partial charge in [-0.05, 0) is 63.5 Å². The number of aryl methyl sites for hydroxylation is 1. The van der Waals surface area contributed by atoms with Crippen LogP contribution in [0.4, 0.5) is 0 Å². The van der Waals surface area contributed by atoms with Crippen molar-refractivity contribution >= 4 is 54.3 Å². The molecular formula is C10H15Br2ClN2O2S. The zero-order chi connectivity index (χ0) is 13.1. The molecule has 0 unspecified atom stereocenters. The van der Waals surface area contributed by atoms with Crippen molar-refractivity contribution in [3.05, 3.63) is 26.6 Å². The fourth-order valence-electron chi connectivity index (χ4n) is 1.33. The first-order chi connectivity index (χ1) is 7.88. The molecule has 2 N–H and O–H groups in total. The van der Waals surface area contributed by atoms with Gasteiger partial charge < -0.3 is 5.32 Å². The van der Waals surface area contributed by atoms with Gasteiger partial charge in [0, 0.05) is 22.0 Å². The Morgan fingerprint density at radius 3 is 2.11 bits per heavy atom. The molecule has 4 nitrogen and oxygen atoms in total. The normalized spacial score (nSPS) is 11.1. The Kier molecular flexibility index (Phi) is 7.96. The summed E-state index contributed by atoms with van der Waals surface area (Å²) in [6, 6.07) is 3.55. The second-order valence-electron chi connectivity index (χ2n) is 3.56. The SMILES string of the molecule is CNCCNS(=O)(=O)c1c(Br)cc(C)cc1Br.Cl. The maximum Gasteiger partial charge on any atom is 0.242 e. The third-order valence-electron chi connectivity index (χ3n) is 2.08. The Morgan fingerprint density at radius 1 is 1.17 bits per heavy atom. The molecule has 0 radical (unpaired) electrons. The van der Waals surface area contributed by atoms with Gasteiger partial charge in [-0.3, -0.25) is 0 Å². The van der Waals surface area contributed by atoms with Gasteiger partial charge in [-0.25, -0.2) is 13.1 Å². The lowest BCUT2D eigenvalue weighted by Crippen LogP contribution is -2.31. The molecule has 1 aromatic carbocycles. The minimum Gasteiger partial charge on any atom is -0.318 e. The highest BCUT2D eigenvalue weighted by Crippen LogP contribution is 2.30. The van der Waals surface area contributed by atoms with Crippen LogP contribution in [-0.4, -0.2) is 28.6 Å². The fourth-order valence-corrected chi connectivity index (χ4v) is 5.17. The van der Waals surface area contributed by atoms with Crippen molar-refractivity contribution < 1.29 is 8.42 Å². The van der Waals surface area contributed by atoms with Gasteiger partial charge in [0.15, 0.2) is 0 Å². The van der Waals surface area contributed by atoms with Crippen molar-refractivity contribution in [3.8, 4) is 0 Å². The molecule has 0 aliphatic heterocycles. The molecule has 0 spiro atoms. The van der Waals surface area contributed by atoms with Gasteiger partial charge in [0.1, 0.15) is 4.90 Å². The highest BCUT2D eigenvalue weighted by Gasteiger charge is 2.20. The van der Waals surface area contributed by atoms with Crippen molar-refractivity contribution in [2.45, 2.75) is 11.8 Å². The van der Waals surface area contributed by atoms with E-state index in [1.54, 1.807) is 19.2 Å². The van der Waals surface area contributed by atoms with Crippen LogP contribution in [0.2, 0.25) is 0 Å². The van der Waals surface area contributed by atoms with Crippen molar-refractivity contribution in [2.75, 3.05) is 20.1 Å². The molecule has 0 aromatic heterocycles. The molecule has 0 bridgehead atoms. The summed E-state index contributed by atoms with van der Waals surface area (Å²) in [4.78, 5) is 0.235. The van der Waals surface area contributed by atoms with Crippen molar-refractivity contribution in [1.82, 2.24) is 10.0 Å². The molecule has 0 aliphatic carbocycles. The van der Waals surface area contributed by atoms with Gasteiger partial charge in [-0.1, -0.05) is 0 Å². The Labute approximate surface area is 131 Å². The van der Waals surface area contributed by atoms with E-state index in [-0.39, 0.29) is 17.3 Å². The van der Waals surface area contributed by atoms with Crippen LogP contribution in [0.25, 0.3) is 0 Å². The topological polar surface area (TPSA) is 58.2 Å². The summed E-state index contributed by atoms with van der Waals surface area (Å²) < 4.78 is 27.8. The molecule has 0 fully saturated rings. The molecule has 0 saturated carbocycles. The van der Waals surface area contributed by atoms with Crippen LogP contribution in [0.1, 0.15) is 5.56 Å². The zero-order valence-corrected chi connectivity index (χ0v) is 14.8. The molecule has 0 amide bonds. The van der Waals surface area contributed by atoms with Crippen LogP contribution >= 0.6 is 44.3 Å². The standard InChI is InChI=1S/C10H14Br2N2O2S.ClH/c1-7-5-8(11)10(9(12)6-7)17(15,16)14-4-3-13-2;/h5-6,13-14H,3-4H2,1-2H3;1H. The quantitative estimate of drug-likeness (QED) is 0.717. The lowest BCUT2D eigenvalue weighted by Gasteiger charge is -2.11. The van der Waals surface area contributed by atoms with Gasteiger partial charge in [-0.2, -0.15) is 0 Å². The summed E-state index contributed by atoms with van der Waals surface area (Å²) in [5, 5.41) is 2.88. The molecule has 1 aromatic rings. The highest BCUT2D eigenvalue weighted by molar-refractivity contribution is 9.11. The smallest absolute Gasteiger partial charge is 0.242 e. The first kappa shape index (κ1) is 18.3. The number of rotatable bonds is 5. The van der Waals surface area contributed by atoms with E-state index in [1.807, 2.05) is 6.92 Å². The number of benzene rings is 1. The fraction of sp³-hybridized carbons (Fsp3) is 0.400. The summed E-state index contributed by atoms with van der Waals surface area (Å²) in [5.74, 6) is 0. The predicted molar refractivity (Wildman–Crippen MR) is 82.9 cm³/mol. The Balaban J connectivity index is 0.00000289. The Morgan fingerprint density at radius 2 is 1.67 bits per heavy atom. The number of likely N-dealkylation sites (N-methyl/N-ethyl adjacent to an activating group) is 1. The molecule has 0 heterocycles. The lowest BCUT2D eigenvalue weighted by molar-refractivity contribution is 0.578. The van der Waals surface area contributed by atoms with Crippen LogP contribution in [0, 0.1) is 6.92 Å². The second kappa shape index (κ2) is 7.81. The molecule has 0 atom stereocenters. The number of sulfonamides is 1. The number of hydrogen-bond acceptors (Lipinski definition) is 3. The molecule has 0 aliphatic rings. The largest absolute Gasteiger partial charge is 0.318 e. The van der Waals surface area contributed by atoms with E-state index in [0.717, 1.165) is 5.56 Å². The lowest BCUT2D eigenvalue weighted by atomic mass is 10.2. The van der Waals surface area contributed by atoms with Crippen LogP contribution in [0.3, 0.4) is 0 Å². The average Bonchev–Trinajstić information content (AvgIpc) is 2.15. The van der Waals surface area contributed by atoms with Crippen LogP contribution < -0.4 is 10.0 Å². The maximum absolute atomic E-state index is 12.1. The number of hydrogen-bond donors (Lipinski definition) is 2. The van der Waals surface area contributed by atoms with E-state index in [2.05, 4.69) is 41.9 Å². The van der Waals surface area contributed by atoms with E-state index < -0.39 is 10.0 Å². The van der Waals surface area contributed by atoms with E-state index in [0.29, 0.717) is 22.0 Å². The average molecular weight is 423 g/mol. The van der Waals surface area contributed by atoms with Gasteiger partial charge in [0.2, 0.25) is 10.0 Å². The van der Waals surface area contributed by atoms with Crippen LogP contribution in [0.15, 0.2) is 26.0 Å². The van der Waals surface area contributed by atoms with E-state index in [9.17, 15) is 8.42 Å². The van der Waals surface area contributed by atoms with Crippen molar-refractivity contribution in [1.29, 1.82) is 0 Å². The number of halogens is 3. The first-order valence-electron chi connectivity index (χ1n) is 4.98. The third kappa shape index (κ3) is 4.79. The predicted octanol–water partition coefficient (Wildman–Crippen LogP) is 2.44. The summed E-state index contributed by atoms with van der Waals surface area (Å²) in [6.07, 6.45) is 0. The van der Waals surface area contributed by atoms with Gasteiger partial charge in [-0.15, -0.1) is 12.4 Å². The van der Waals surface area contributed by atoms with Gasteiger partial charge in [0.05, 0.1) is 0 Å². The maximum atomic E-state index is 12.1. The second-order valence-corrected chi connectivity index (χ2v) is 6.97. The molecule has 0 saturated heterocycles. The van der Waals surface area contributed by atoms with E-state index >= 15 is 0 Å². The zero-order valence-electron chi connectivity index (χ0n) is 9.96. The van der Waals surface area contributed by atoms with Gasteiger partial charge in [0.25, 0.3) is 0 Å². The number of nitrogens with one attached hydrogen (secondary N) is 2. The first-order valence-corrected chi connectivity index (χ1v) is 8.05. The molecular weight excluding hydrogens is 407 g/mol. The summed E-state index contributed by atoms with van der Waals surface area (Å²) in [6.45, 7) is 2.84. The molecule has 104 valence electrons. The highest BCUT2D eigenvalue weighted by atomic mass is 79.9. The molecule has 8 heteroatoms. The minimum atomic E-state index is -3.49. The van der Waals surface area contributed by atoms with E-state index in [4.69, 9.17) is 0 Å². The summed E-state index contributed by atoms with van der Waals surface area (Å²) >= 11 is 6.56. The van der Waals surface area contributed by atoms with Gasteiger partial charge >= 0.3 is 0 Å². The van der Waals surface area contributed by atoms with Crippen LogP contribution in [-0.2, 0) is 10.0 Å². The van der Waals surface area contributed by atoms with Crippen molar-refractivity contribution in [2.24, 2.45) is 0 Å².